The van der Waals surface area contributed by atoms with Gasteiger partial charge in [0.15, 0.2) is 5.13 Å². The van der Waals surface area contributed by atoms with Gasteiger partial charge in [0.25, 0.3) is 5.91 Å². The molecule has 1 aliphatic rings. The van der Waals surface area contributed by atoms with E-state index < -0.39 is 0 Å². The van der Waals surface area contributed by atoms with Crippen LogP contribution in [0.25, 0.3) is 0 Å². The molecule has 0 aliphatic carbocycles. The van der Waals surface area contributed by atoms with Crippen LogP contribution in [0, 0.1) is 0 Å². The van der Waals surface area contributed by atoms with Crippen LogP contribution < -0.4 is 4.90 Å². The van der Waals surface area contributed by atoms with Crippen molar-refractivity contribution in [3.63, 3.8) is 0 Å². The number of amides is 2. The maximum absolute atomic E-state index is 12.8. The van der Waals surface area contributed by atoms with Gasteiger partial charge in [-0.25, -0.2) is 4.98 Å². The molecule has 1 saturated heterocycles. The Morgan fingerprint density at radius 3 is 2.95 bits per heavy atom. The van der Waals surface area contributed by atoms with Crippen molar-refractivity contribution < 1.29 is 9.59 Å². The van der Waals surface area contributed by atoms with Crippen LogP contribution in [0.15, 0.2) is 40.3 Å². The first-order valence-corrected chi connectivity index (χ1v) is 8.57. The monoisotopic (exact) mass is 379 g/mol. The van der Waals surface area contributed by atoms with Gasteiger partial charge < -0.3 is 4.90 Å². The molecule has 0 bridgehead atoms. The summed E-state index contributed by atoms with van der Waals surface area (Å²) in [4.78, 5) is 32.2. The summed E-state index contributed by atoms with van der Waals surface area (Å²) in [7, 11) is 0. The van der Waals surface area contributed by atoms with E-state index in [-0.39, 0.29) is 18.5 Å². The summed E-state index contributed by atoms with van der Waals surface area (Å²) in [6, 6.07) is 7.22. The van der Waals surface area contributed by atoms with E-state index in [2.05, 4.69) is 20.9 Å². The molecule has 114 valence electrons. The molecule has 0 N–H and O–H groups in total. The van der Waals surface area contributed by atoms with Crippen LogP contribution in [0.1, 0.15) is 23.2 Å². The lowest BCUT2D eigenvalue weighted by Gasteiger charge is -2.26. The van der Waals surface area contributed by atoms with Crippen molar-refractivity contribution >= 4 is 44.2 Å². The first-order chi connectivity index (χ1) is 10.6. The average molecular weight is 380 g/mol. The SMILES string of the molecule is O=C1CCCN1CN(C(=O)c1cccc(Br)c1)c1nccs1. The number of aromatic nitrogens is 1. The fraction of sp³-hybridized carbons (Fsp3) is 0.267. The second kappa shape index (κ2) is 6.58. The number of thiazole rings is 1. The second-order valence-corrected chi connectivity index (χ2v) is 6.75. The zero-order valence-electron chi connectivity index (χ0n) is 11.7. The highest BCUT2D eigenvalue weighted by Gasteiger charge is 2.27. The number of carbonyl (C=O) groups is 2. The predicted octanol–water partition coefficient (Wildman–Crippen LogP) is 3.13. The fourth-order valence-corrected chi connectivity index (χ4v) is 3.39. The molecule has 22 heavy (non-hydrogen) atoms. The van der Waals surface area contributed by atoms with Crippen LogP contribution in [-0.4, -0.2) is 34.9 Å². The van der Waals surface area contributed by atoms with E-state index in [1.54, 1.807) is 28.1 Å². The van der Waals surface area contributed by atoms with E-state index in [1.165, 1.54) is 11.3 Å². The lowest BCUT2D eigenvalue weighted by molar-refractivity contribution is -0.127. The van der Waals surface area contributed by atoms with Crippen molar-refractivity contribution in [1.82, 2.24) is 9.88 Å². The van der Waals surface area contributed by atoms with Gasteiger partial charge in [-0.1, -0.05) is 22.0 Å². The molecule has 0 saturated carbocycles. The summed E-state index contributed by atoms with van der Waals surface area (Å²) in [6.07, 6.45) is 3.05. The Hall–Kier alpha value is -1.73. The quantitative estimate of drug-likeness (QED) is 0.819. The van der Waals surface area contributed by atoms with Crippen molar-refractivity contribution in [1.29, 1.82) is 0 Å². The molecular formula is C15H14BrN3O2S. The number of hydrogen-bond donors (Lipinski definition) is 0. The van der Waals surface area contributed by atoms with Crippen LogP contribution in [0.5, 0.6) is 0 Å². The van der Waals surface area contributed by atoms with E-state index in [0.29, 0.717) is 23.7 Å². The van der Waals surface area contributed by atoms with Crippen LogP contribution in [0.3, 0.4) is 0 Å². The number of rotatable bonds is 4. The van der Waals surface area contributed by atoms with Crippen molar-refractivity contribution in [2.24, 2.45) is 0 Å². The van der Waals surface area contributed by atoms with Crippen molar-refractivity contribution in [3.05, 3.63) is 45.9 Å². The summed E-state index contributed by atoms with van der Waals surface area (Å²) < 4.78 is 0.842. The lowest BCUT2D eigenvalue weighted by atomic mass is 10.2. The molecule has 2 aromatic rings. The highest BCUT2D eigenvalue weighted by molar-refractivity contribution is 9.10. The molecule has 5 nitrogen and oxygen atoms in total. The van der Waals surface area contributed by atoms with Gasteiger partial charge in [-0.05, 0) is 24.6 Å². The zero-order chi connectivity index (χ0) is 15.5. The summed E-state index contributed by atoms with van der Waals surface area (Å²) in [5.41, 5.74) is 0.566. The molecule has 0 unspecified atom stereocenters. The molecule has 1 aromatic carbocycles. The summed E-state index contributed by atoms with van der Waals surface area (Å²) in [5, 5.41) is 2.42. The molecule has 3 rings (SSSR count). The highest BCUT2D eigenvalue weighted by Crippen LogP contribution is 2.23. The van der Waals surface area contributed by atoms with Crippen LogP contribution >= 0.6 is 27.3 Å². The second-order valence-electron chi connectivity index (χ2n) is 4.96. The third-order valence-electron chi connectivity index (χ3n) is 3.45. The van der Waals surface area contributed by atoms with E-state index >= 15 is 0 Å². The Balaban J connectivity index is 1.88. The first kappa shape index (κ1) is 15.2. The molecule has 7 heteroatoms. The molecule has 0 spiro atoms. The van der Waals surface area contributed by atoms with E-state index in [9.17, 15) is 9.59 Å². The van der Waals surface area contributed by atoms with E-state index in [0.717, 1.165) is 10.9 Å². The third kappa shape index (κ3) is 3.20. The Morgan fingerprint density at radius 1 is 1.45 bits per heavy atom. The van der Waals surface area contributed by atoms with Gasteiger partial charge in [-0.3, -0.25) is 14.5 Å². The molecule has 1 aromatic heterocycles. The largest absolute Gasteiger partial charge is 0.324 e. The number of likely N-dealkylation sites (tertiary alicyclic amines) is 1. The van der Waals surface area contributed by atoms with Gasteiger partial charge in [-0.15, -0.1) is 11.3 Å². The van der Waals surface area contributed by atoms with Gasteiger partial charge >= 0.3 is 0 Å². The van der Waals surface area contributed by atoms with Crippen molar-refractivity contribution in [3.8, 4) is 0 Å². The molecule has 0 atom stereocenters. The predicted molar refractivity (Wildman–Crippen MR) is 88.9 cm³/mol. The molecular weight excluding hydrogens is 366 g/mol. The molecule has 2 heterocycles. The Kier molecular flexibility index (Phi) is 4.54. The van der Waals surface area contributed by atoms with Crippen LogP contribution in [0.2, 0.25) is 0 Å². The minimum Gasteiger partial charge on any atom is -0.324 e. The van der Waals surface area contributed by atoms with Crippen molar-refractivity contribution in [2.45, 2.75) is 12.8 Å². The minimum absolute atomic E-state index is 0.0867. The Bertz CT molecular complexity index is 690. The molecule has 2 amide bonds. The van der Waals surface area contributed by atoms with E-state index in [1.807, 2.05) is 17.5 Å². The van der Waals surface area contributed by atoms with Gasteiger partial charge in [0.1, 0.15) is 6.67 Å². The number of nitrogens with zero attached hydrogens (tertiary/aromatic N) is 3. The maximum atomic E-state index is 12.8. The number of benzene rings is 1. The Labute approximate surface area is 140 Å². The molecule has 1 aliphatic heterocycles. The maximum Gasteiger partial charge on any atom is 0.261 e. The normalized spacial score (nSPS) is 14.4. The Morgan fingerprint density at radius 2 is 2.32 bits per heavy atom. The zero-order valence-corrected chi connectivity index (χ0v) is 14.1. The molecule has 0 radical (unpaired) electrons. The number of carbonyl (C=O) groups excluding carboxylic acids is 2. The van der Waals surface area contributed by atoms with Crippen LogP contribution in [-0.2, 0) is 4.79 Å². The standard InChI is InChI=1S/C15H14BrN3O2S/c16-12-4-1-3-11(9-12)14(21)19(15-17-6-8-22-15)10-18-7-2-5-13(18)20/h1,3-4,6,8-9H,2,5,7,10H2. The topological polar surface area (TPSA) is 53.5 Å². The summed E-state index contributed by atoms with van der Waals surface area (Å²) in [6.45, 7) is 0.935. The summed E-state index contributed by atoms with van der Waals surface area (Å²) in [5.74, 6) is -0.0699. The number of hydrogen-bond acceptors (Lipinski definition) is 4. The van der Waals surface area contributed by atoms with Gasteiger partial charge in [-0.2, -0.15) is 0 Å². The van der Waals surface area contributed by atoms with Gasteiger partial charge in [0.05, 0.1) is 0 Å². The first-order valence-electron chi connectivity index (χ1n) is 6.90. The summed E-state index contributed by atoms with van der Waals surface area (Å²) >= 11 is 4.76. The minimum atomic E-state index is -0.157. The van der Waals surface area contributed by atoms with Gasteiger partial charge in [0.2, 0.25) is 5.91 Å². The third-order valence-corrected chi connectivity index (χ3v) is 4.74. The molecule has 1 fully saturated rings. The smallest absolute Gasteiger partial charge is 0.261 e. The van der Waals surface area contributed by atoms with Crippen molar-refractivity contribution in [2.75, 3.05) is 18.1 Å². The van der Waals surface area contributed by atoms with E-state index in [4.69, 9.17) is 0 Å². The fourth-order valence-electron chi connectivity index (χ4n) is 2.36. The van der Waals surface area contributed by atoms with Gasteiger partial charge in [0, 0.05) is 34.6 Å². The van der Waals surface area contributed by atoms with Crippen LogP contribution in [0.4, 0.5) is 5.13 Å². The number of anilines is 1. The average Bonchev–Trinajstić information content (AvgIpc) is 3.16. The number of halogens is 1. The highest BCUT2D eigenvalue weighted by atomic mass is 79.9. The lowest BCUT2D eigenvalue weighted by Crippen LogP contribution is -2.42.